The summed E-state index contributed by atoms with van der Waals surface area (Å²) < 4.78 is 22.4. The number of nitrogens with zero attached hydrogens (tertiary/aromatic N) is 3. The number of Topliss-reactive ketones (excluding diaryl/α,β-unsaturated/α-hetero) is 1. The van der Waals surface area contributed by atoms with Gasteiger partial charge in [-0.15, -0.1) is 0 Å². The molecule has 0 amide bonds. The maximum atomic E-state index is 14.9. The molecule has 8 heteroatoms. The van der Waals surface area contributed by atoms with Gasteiger partial charge in [0, 0.05) is 30.7 Å². The predicted molar refractivity (Wildman–Crippen MR) is 132 cm³/mol. The van der Waals surface area contributed by atoms with Crippen molar-refractivity contribution in [1.82, 2.24) is 19.5 Å². The molecule has 0 radical (unpaired) electrons. The zero-order valence-electron chi connectivity index (χ0n) is 19.6. The number of halogens is 1. The molecule has 35 heavy (non-hydrogen) atoms. The van der Waals surface area contributed by atoms with Gasteiger partial charge < -0.3 is 14.3 Å². The largest absolute Gasteiger partial charge is 0.435 e. The smallest absolute Gasteiger partial charge is 0.231 e. The minimum absolute atomic E-state index is 0.0210. The van der Waals surface area contributed by atoms with Crippen LogP contribution < -0.4 is 10.2 Å². The number of carbonyl (C=O) groups is 1. The molecule has 2 aromatic carbocycles. The van der Waals surface area contributed by atoms with Crippen molar-refractivity contribution in [3.05, 3.63) is 93.4 Å². The molecule has 7 nitrogen and oxygen atoms in total. The Labute approximate surface area is 200 Å². The summed E-state index contributed by atoms with van der Waals surface area (Å²) in [5.41, 5.74) is 3.23. The molecule has 0 atom stereocenters. The van der Waals surface area contributed by atoms with E-state index in [2.05, 4.69) is 15.0 Å². The normalized spacial score (nSPS) is 11.3. The summed E-state index contributed by atoms with van der Waals surface area (Å²) in [7, 11) is 1.83. The second-order valence-corrected chi connectivity index (χ2v) is 8.44. The first-order valence-corrected chi connectivity index (χ1v) is 11.3. The van der Waals surface area contributed by atoms with Gasteiger partial charge in [0.15, 0.2) is 22.8 Å². The molecular formula is C27H23FN4O3. The quantitative estimate of drug-likeness (QED) is 0.351. The number of nitrogens with one attached hydrogen (secondary N) is 1. The lowest BCUT2D eigenvalue weighted by atomic mass is 9.98. The van der Waals surface area contributed by atoms with E-state index in [4.69, 9.17) is 4.74 Å². The number of aryl methyl sites for hydroxylation is 2. The van der Waals surface area contributed by atoms with Crippen LogP contribution >= 0.6 is 0 Å². The number of hydrogen-bond acceptors (Lipinski definition) is 5. The van der Waals surface area contributed by atoms with Crippen LogP contribution in [0, 0.1) is 12.7 Å². The number of aromatic amines is 1. The Morgan fingerprint density at radius 2 is 1.89 bits per heavy atom. The number of ether oxygens (including phenoxy) is 1. The average Bonchev–Trinajstić information content (AvgIpc) is 3.34. The third kappa shape index (κ3) is 3.97. The first-order chi connectivity index (χ1) is 16.9. The van der Waals surface area contributed by atoms with Gasteiger partial charge >= 0.3 is 0 Å². The Kier molecular flexibility index (Phi) is 5.64. The molecule has 0 saturated carbocycles. The lowest BCUT2D eigenvalue weighted by Crippen LogP contribution is -2.23. The van der Waals surface area contributed by atoms with E-state index in [1.54, 1.807) is 25.3 Å². The van der Waals surface area contributed by atoms with Crippen LogP contribution in [0.1, 0.15) is 34.1 Å². The Morgan fingerprint density at radius 3 is 2.66 bits per heavy atom. The van der Waals surface area contributed by atoms with Crippen molar-refractivity contribution in [3.63, 3.8) is 0 Å². The van der Waals surface area contributed by atoms with Gasteiger partial charge in [-0.25, -0.2) is 14.4 Å². The second kappa shape index (κ2) is 8.79. The van der Waals surface area contributed by atoms with E-state index in [0.29, 0.717) is 27.7 Å². The fourth-order valence-corrected chi connectivity index (χ4v) is 4.30. The van der Waals surface area contributed by atoms with Gasteiger partial charge in [0.1, 0.15) is 12.0 Å². The highest BCUT2D eigenvalue weighted by molar-refractivity contribution is 6.01. The number of benzene rings is 2. The van der Waals surface area contributed by atoms with Crippen molar-refractivity contribution < 1.29 is 13.9 Å². The number of aromatic nitrogens is 4. The Balaban J connectivity index is 1.45. The van der Waals surface area contributed by atoms with E-state index in [1.165, 1.54) is 18.5 Å². The topological polar surface area (TPSA) is 89.9 Å². The highest BCUT2D eigenvalue weighted by Crippen LogP contribution is 2.29. The minimum atomic E-state index is -0.631. The van der Waals surface area contributed by atoms with Crippen molar-refractivity contribution in [2.24, 2.45) is 7.05 Å². The molecular weight excluding hydrogens is 447 g/mol. The standard InChI is InChI=1S/C27H23FN4O3/c1-4-16-5-7-21-19(11-16)25(34)24(15(2)32(21)3)22(33)13-17-6-8-23(20(28)12-17)35-27-18-9-10-29-26(18)30-14-31-27/h5-12,14H,4,13H2,1-3H3,(H,29,30,31). The van der Waals surface area contributed by atoms with Crippen LogP contribution in [0.25, 0.3) is 21.9 Å². The first-order valence-electron chi connectivity index (χ1n) is 11.3. The van der Waals surface area contributed by atoms with Gasteiger partial charge in [-0.1, -0.05) is 19.1 Å². The number of pyridine rings is 1. The van der Waals surface area contributed by atoms with E-state index in [0.717, 1.165) is 17.5 Å². The lowest BCUT2D eigenvalue weighted by Gasteiger charge is -2.14. The molecule has 0 aliphatic carbocycles. The summed E-state index contributed by atoms with van der Waals surface area (Å²) in [6.45, 7) is 3.77. The van der Waals surface area contributed by atoms with E-state index < -0.39 is 5.82 Å². The van der Waals surface area contributed by atoms with Crippen molar-refractivity contribution in [2.45, 2.75) is 26.7 Å². The SMILES string of the molecule is CCc1ccc2c(c1)c(=O)c(C(=O)Cc1ccc(Oc3ncnc4[nH]ccc34)c(F)c1)c(C)n2C. The van der Waals surface area contributed by atoms with Crippen molar-refractivity contribution in [3.8, 4) is 11.6 Å². The summed E-state index contributed by atoms with van der Waals surface area (Å²) in [5, 5.41) is 1.14. The van der Waals surface area contributed by atoms with Gasteiger partial charge in [0.25, 0.3) is 0 Å². The summed E-state index contributed by atoms with van der Waals surface area (Å²) in [6, 6.07) is 11.8. The maximum absolute atomic E-state index is 14.9. The number of H-pyrrole nitrogens is 1. The summed E-state index contributed by atoms with van der Waals surface area (Å²) >= 11 is 0. The summed E-state index contributed by atoms with van der Waals surface area (Å²) in [5.74, 6) is -0.786. The van der Waals surface area contributed by atoms with Crippen LogP contribution in [-0.2, 0) is 19.9 Å². The Morgan fingerprint density at radius 1 is 1.09 bits per heavy atom. The molecule has 0 spiro atoms. The Hall–Kier alpha value is -4.33. The molecule has 1 N–H and O–H groups in total. The first kappa shape index (κ1) is 22.5. The van der Waals surface area contributed by atoms with Crippen LogP contribution in [0.5, 0.6) is 11.6 Å². The van der Waals surface area contributed by atoms with Crippen LogP contribution in [-0.4, -0.2) is 25.3 Å². The fraction of sp³-hybridized carbons (Fsp3) is 0.185. The van der Waals surface area contributed by atoms with Gasteiger partial charge in [-0.3, -0.25) is 9.59 Å². The van der Waals surface area contributed by atoms with E-state index in [-0.39, 0.29) is 34.8 Å². The highest BCUT2D eigenvalue weighted by Gasteiger charge is 2.20. The van der Waals surface area contributed by atoms with E-state index in [9.17, 15) is 14.0 Å². The lowest BCUT2D eigenvalue weighted by molar-refractivity contribution is 0.0990. The molecule has 0 bridgehead atoms. The molecule has 3 aromatic heterocycles. The molecule has 0 saturated heterocycles. The molecule has 0 fully saturated rings. The number of hydrogen-bond donors (Lipinski definition) is 1. The van der Waals surface area contributed by atoms with Crippen LogP contribution in [0.2, 0.25) is 0 Å². The molecule has 5 rings (SSSR count). The van der Waals surface area contributed by atoms with Gasteiger partial charge in [-0.2, -0.15) is 0 Å². The second-order valence-electron chi connectivity index (χ2n) is 8.44. The molecule has 176 valence electrons. The average molecular weight is 471 g/mol. The summed E-state index contributed by atoms with van der Waals surface area (Å²) in [4.78, 5) is 37.6. The van der Waals surface area contributed by atoms with Gasteiger partial charge in [-0.05, 0) is 54.8 Å². The third-order valence-electron chi connectivity index (χ3n) is 6.33. The van der Waals surface area contributed by atoms with Crippen molar-refractivity contribution in [2.75, 3.05) is 0 Å². The minimum Gasteiger partial charge on any atom is -0.435 e. The van der Waals surface area contributed by atoms with Crippen LogP contribution in [0.3, 0.4) is 0 Å². The van der Waals surface area contributed by atoms with E-state index >= 15 is 0 Å². The molecule has 0 aliphatic heterocycles. The van der Waals surface area contributed by atoms with Crippen molar-refractivity contribution >= 4 is 27.7 Å². The predicted octanol–water partition coefficient (Wildman–Crippen LogP) is 5.04. The van der Waals surface area contributed by atoms with E-state index in [1.807, 2.05) is 36.7 Å². The number of fused-ring (bicyclic) bond motifs is 2. The maximum Gasteiger partial charge on any atom is 0.231 e. The van der Waals surface area contributed by atoms with Gasteiger partial charge in [0.05, 0.1) is 16.5 Å². The third-order valence-corrected chi connectivity index (χ3v) is 6.33. The van der Waals surface area contributed by atoms with Crippen LogP contribution in [0.4, 0.5) is 4.39 Å². The van der Waals surface area contributed by atoms with Crippen LogP contribution in [0.15, 0.2) is 59.8 Å². The number of rotatable bonds is 6. The Bertz CT molecular complexity index is 1670. The molecule has 3 heterocycles. The fourth-order valence-electron chi connectivity index (χ4n) is 4.30. The zero-order valence-corrected chi connectivity index (χ0v) is 19.6. The zero-order chi connectivity index (χ0) is 24.7. The molecule has 0 aliphatic rings. The monoisotopic (exact) mass is 470 g/mol. The molecule has 0 unspecified atom stereocenters. The summed E-state index contributed by atoms with van der Waals surface area (Å²) in [6.07, 6.45) is 3.70. The highest BCUT2D eigenvalue weighted by atomic mass is 19.1. The van der Waals surface area contributed by atoms with Crippen molar-refractivity contribution in [1.29, 1.82) is 0 Å². The van der Waals surface area contributed by atoms with Gasteiger partial charge in [0.2, 0.25) is 5.88 Å². The number of carbonyl (C=O) groups excluding carboxylic acids is 1. The number of ketones is 1. The molecule has 5 aromatic rings.